The first-order valence-corrected chi connectivity index (χ1v) is 12.0. The number of nitrogens with one attached hydrogen (secondary N) is 2. The monoisotopic (exact) mass is 495 g/mol. The number of carbonyl (C=O) groups excluding carboxylic acids is 1. The van der Waals surface area contributed by atoms with Crippen LogP contribution >= 0.6 is 12.2 Å². The lowest BCUT2D eigenvalue weighted by molar-refractivity contribution is -0.112. The third kappa shape index (κ3) is 4.76. The van der Waals surface area contributed by atoms with Crippen molar-refractivity contribution in [3.63, 3.8) is 0 Å². The molecular formula is C23H21N5O4S2. The molecule has 0 fully saturated rings. The molecule has 4 N–H and O–H groups in total. The van der Waals surface area contributed by atoms with Gasteiger partial charge in [0.15, 0.2) is 10.8 Å². The highest BCUT2D eigenvalue weighted by Crippen LogP contribution is 2.38. The van der Waals surface area contributed by atoms with E-state index in [1.807, 2.05) is 30.3 Å². The predicted octanol–water partition coefficient (Wildman–Crippen LogP) is 2.58. The number of rotatable bonds is 6. The van der Waals surface area contributed by atoms with Gasteiger partial charge in [0, 0.05) is 5.56 Å². The van der Waals surface area contributed by atoms with Crippen LogP contribution in [0.3, 0.4) is 0 Å². The molecule has 34 heavy (non-hydrogen) atoms. The highest BCUT2D eigenvalue weighted by molar-refractivity contribution is 7.89. The summed E-state index contributed by atoms with van der Waals surface area (Å²) in [5.74, 6) is 0.207. The topological polar surface area (TPSA) is 126 Å². The minimum absolute atomic E-state index is 0.0117. The van der Waals surface area contributed by atoms with Crippen LogP contribution in [-0.4, -0.2) is 32.3 Å². The van der Waals surface area contributed by atoms with E-state index in [4.69, 9.17) is 22.1 Å². The molecule has 0 unspecified atom stereocenters. The summed E-state index contributed by atoms with van der Waals surface area (Å²) < 4.78 is 29.1. The number of nitrogens with zero attached hydrogens (tertiary/aromatic N) is 2. The van der Waals surface area contributed by atoms with Gasteiger partial charge in [0.2, 0.25) is 10.0 Å². The molecule has 0 bridgehead atoms. The number of sulfonamides is 1. The number of para-hydroxylation sites is 2. The van der Waals surface area contributed by atoms with E-state index >= 15 is 0 Å². The highest BCUT2D eigenvalue weighted by Gasteiger charge is 2.36. The summed E-state index contributed by atoms with van der Waals surface area (Å²) >= 11 is 5.26. The molecule has 174 valence electrons. The molecule has 0 radical (unpaired) electrons. The normalized spacial score (nSPS) is 14.1. The number of hydrazone groups is 1. The zero-order valence-corrected chi connectivity index (χ0v) is 19.7. The van der Waals surface area contributed by atoms with Crippen LogP contribution in [-0.2, 0) is 21.4 Å². The summed E-state index contributed by atoms with van der Waals surface area (Å²) in [7, 11) is -2.43. The number of nitrogens with two attached hydrogens (primary N) is 1. The molecule has 0 aromatic heterocycles. The lowest BCUT2D eigenvalue weighted by Gasteiger charge is -2.19. The third-order valence-electron chi connectivity index (χ3n) is 5.09. The summed E-state index contributed by atoms with van der Waals surface area (Å²) in [5, 5.41) is 12.2. The fourth-order valence-electron chi connectivity index (χ4n) is 3.60. The molecule has 1 aliphatic rings. The predicted molar refractivity (Wildman–Crippen MR) is 134 cm³/mol. The maximum atomic E-state index is 13.3. The van der Waals surface area contributed by atoms with Gasteiger partial charge < -0.3 is 10.1 Å². The van der Waals surface area contributed by atoms with Gasteiger partial charge in [-0.3, -0.25) is 15.1 Å². The Morgan fingerprint density at radius 3 is 2.47 bits per heavy atom. The van der Waals surface area contributed by atoms with E-state index in [1.54, 1.807) is 35.2 Å². The molecule has 1 heterocycles. The maximum absolute atomic E-state index is 13.3. The van der Waals surface area contributed by atoms with Crippen LogP contribution in [0.5, 0.6) is 5.75 Å². The van der Waals surface area contributed by atoms with E-state index in [0.29, 0.717) is 23.5 Å². The zero-order valence-electron chi connectivity index (χ0n) is 18.1. The quantitative estimate of drug-likeness (QED) is 0.354. The fourth-order valence-corrected chi connectivity index (χ4v) is 4.45. The van der Waals surface area contributed by atoms with Crippen molar-refractivity contribution in [2.75, 3.05) is 17.3 Å². The van der Waals surface area contributed by atoms with E-state index in [9.17, 15) is 13.2 Å². The number of carbonyl (C=O) groups is 1. The van der Waals surface area contributed by atoms with Crippen molar-refractivity contribution in [2.24, 2.45) is 10.2 Å². The van der Waals surface area contributed by atoms with E-state index in [-0.39, 0.29) is 27.3 Å². The Morgan fingerprint density at radius 2 is 1.76 bits per heavy atom. The zero-order chi connectivity index (χ0) is 24.3. The van der Waals surface area contributed by atoms with Crippen LogP contribution < -0.4 is 25.5 Å². The summed E-state index contributed by atoms with van der Waals surface area (Å²) in [6.45, 7) is 0.330. The van der Waals surface area contributed by atoms with Crippen LogP contribution in [0.4, 0.5) is 11.4 Å². The van der Waals surface area contributed by atoms with Crippen molar-refractivity contribution in [1.82, 2.24) is 5.43 Å². The molecule has 0 saturated heterocycles. The molecule has 3 aromatic carbocycles. The molecule has 9 nitrogen and oxygen atoms in total. The number of primary sulfonamides is 1. The number of amides is 1. The molecule has 11 heteroatoms. The van der Waals surface area contributed by atoms with E-state index in [0.717, 1.165) is 5.56 Å². The average molecular weight is 496 g/mol. The van der Waals surface area contributed by atoms with Gasteiger partial charge in [-0.2, -0.15) is 5.10 Å². The van der Waals surface area contributed by atoms with Gasteiger partial charge >= 0.3 is 0 Å². The van der Waals surface area contributed by atoms with Crippen LogP contribution in [0.1, 0.15) is 11.1 Å². The standard InChI is InChI=1S/C23H21N5O4S2/c1-32-18-12-7-10-16-20(22(29)28(21(16)18)14-15-8-3-2-4-9-15)26-27-23(33)25-17-11-5-6-13-19(17)34(24,30)31/h2-13H,14H2,1H3,(H2,24,30,31)(H2,25,27,33). The summed E-state index contributed by atoms with van der Waals surface area (Å²) in [4.78, 5) is 14.8. The van der Waals surface area contributed by atoms with Gasteiger partial charge in [0.1, 0.15) is 10.6 Å². The van der Waals surface area contributed by atoms with Crippen molar-refractivity contribution < 1.29 is 17.9 Å². The van der Waals surface area contributed by atoms with Crippen LogP contribution in [0.25, 0.3) is 0 Å². The molecule has 0 spiro atoms. The Balaban J connectivity index is 1.62. The van der Waals surface area contributed by atoms with Crippen molar-refractivity contribution >= 4 is 50.3 Å². The Hall–Kier alpha value is -3.80. The minimum atomic E-state index is -3.96. The Labute approximate surface area is 202 Å². The second-order valence-corrected chi connectivity index (χ2v) is 9.24. The molecule has 3 aromatic rings. The number of hydrogen-bond donors (Lipinski definition) is 3. The largest absolute Gasteiger partial charge is 0.495 e. The second-order valence-electron chi connectivity index (χ2n) is 7.30. The van der Waals surface area contributed by atoms with Crippen molar-refractivity contribution in [1.29, 1.82) is 0 Å². The van der Waals surface area contributed by atoms with Crippen molar-refractivity contribution in [2.45, 2.75) is 11.4 Å². The first kappa shape index (κ1) is 23.4. The Kier molecular flexibility index (Phi) is 6.59. The van der Waals surface area contributed by atoms with E-state index in [1.165, 1.54) is 19.2 Å². The number of thiocarbonyl (C=S) groups is 1. The summed E-state index contributed by atoms with van der Waals surface area (Å²) in [5.41, 5.74) is 5.10. The van der Waals surface area contributed by atoms with Gasteiger partial charge in [-0.05, 0) is 36.0 Å². The molecule has 1 amide bonds. The van der Waals surface area contributed by atoms with Gasteiger partial charge in [-0.15, -0.1) is 0 Å². The van der Waals surface area contributed by atoms with Crippen LogP contribution in [0.2, 0.25) is 0 Å². The second kappa shape index (κ2) is 9.59. The smallest absolute Gasteiger partial charge is 0.279 e. The molecule has 0 atom stereocenters. The van der Waals surface area contributed by atoms with Crippen LogP contribution in [0.15, 0.2) is 82.8 Å². The molecule has 1 aliphatic heterocycles. The Morgan fingerprint density at radius 1 is 1.06 bits per heavy atom. The fraction of sp³-hybridized carbons (Fsp3) is 0.0870. The number of anilines is 2. The first-order chi connectivity index (χ1) is 16.3. The van der Waals surface area contributed by atoms with Gasteiger partial charge in [0.05, 0.1) is 25.0 Å². The lowest BCUT2D eigenvalue weighted by Crippen LogP contribution is -2.32. The summed E-state index contributed by atoms with van der Waals surface area (Å²) in [6, 6.07) is 20.9. The first-order valence-electron chi connectivity index (χ1n) is 10.1. The maximum Gasteiger partial charge on any atom is 0.279 e. The van der Waals surface area contributed by atoms with Gasteiger partial charge in [0.25, 0.3) is 5.91 Å². The molecular weight excluding hydrogens is 474 g/mol. The Bertz CT molecular complexity index is 1390. The molecule has 0 aliphatic carbocycles. The van der Waals surface area contributed by atoms with Crippen molar-refractivity contribution in [3.05, 3.63) is 83.9 Å². The highest BCUT2D eigenvalue weighted by atomic mass is 32.2. The van der Waals surface area contributed by atoms with Crippen LogP contribution in [0, 0.1) is 0 Å². The molecule has 0 saturated carbocycles. The van der Waals surface area contributed by atoms with Gasteiger partial charge in [-0.25, -0.2) is 13.6 Å². The third-order valence-corrected chi connectivity index (χ3v) is 6.25. The number of methoxy groups -OCH3 is 1. The lowest BCUT2D eigenvalue weighted by atomic mass is 10.1. The number of benzene rings is 3. The number of ether oxygens (including phenoxy) is 1. The summed E-state index contributed by atoms with van der Waals surface area (Å²) in [6.07, 6.45) is 0. The average Bonchev–Trinajstić information content (AvgIpc) is 3.09. The van der Waals surface area contributed by atoms with Gasteiger partial charge in [-0.1, -0.05) is 54.6 Å². The van der Waals surface area contributed by atoms with Crippen molar-refractivity contribution in [3.8, 4) is 5.75 Å². The van der Waals surface area contributed by atoms with E-state index < -0.39 is 10.0 Å². The minimum Gasteiger partial charge on any atom is -0.495 e. The SMILES string of the molecule is COc1cccc2c1N(Cc1ccccc1)C(=O)C2=NNC(=S)Nc1ccccc1S(N)(=O)=O. The number of fused-ring (bicyclic) bond motifs is 1. The number of hydrogen-bond acceptors (Lipinski definition) is 6. The molecule has 4 rings (SSSR count). The van der Waals surface area contributed by atoms with E-state index in [2.05, 4.69) is 15.8 Å².